The van der Waals surface area contributed by atoms with Crippen LogP contribution in [0.1, 0.15) is 55.3 Å². The van der Waals surface area contributed by atoms with E-state index in [2.05, 4.69) is 10.6 Å². The monoisotopic (exact) mass is 427 g/mol. The highest BCUT2D eigenvalue weighted by atomic mass is 32.2. The fourth-order valence-corrected chi connectivity index (χ4v) is 7.20. The van der Waals surface area contributed by atoms with Gasteiger partial charge in [0.15, 0.2) is 5.17 Å². The van der Waals surface area contributed by atoms with Gasteiger partial charge in [0.05, 0.1) is 11.1 Å². The second-order valence-electron chi connectivity index (χ2n) is 9.29. The average Bonchev–Trinajstić information content (AvgIpc) is 2.98. The first-order valence-electron chi connectivity index (χ1n) is 10.6. The van der Waals surface area contributed by atoms with Gasteiger partial charge in [0.1, 0.15) is 5.25 Å². The molecular formula is C22H25N3O4S. The predicted molar refractivity (Wildman–Crippen MR) is 115 cm³/mol. The summed E-state index contributed by atoms with van der Waals surface area (Å²) >= 11 is 1.35. The Kier molecular flexibility index (Phi) is 4.84. The van der Waals surface area contributed by atoms with Crippen LogP contribution in [0.15, 0.2) is 29.3 Å². The minimum Gasteiger partial charge on any atom is -0.478 e. The normalized spacial score (nSPS) is 35.5. The molecule has 5 aliphatic rings. The molecule has 1 heterocycles. The molecule has 4 aliphatic carbocycles. The van der Waals surface area contributed by atoms with Gasteiger partial charge in [-0.25, -0.2) is 4.79 Å². The van der Waals surface area contributed by atoms with E-state index in [9.17, 15) is 14.4 Å². The second-order valence-corrected chi connectivity index (χ2v) is 10.5. The van der Waals surface area contributed by atoms with Crippen molar-refractivity contribution in [1.82, 2.24) is 5.32 Å². The van der Waals surface area contributed by atoms with Crippen molar-refractivity contribution in [3.8, 4) is 0 Å². The topological polar surface area (TPSA) is 108 Å². The summed E-state index contributed by atoms with van der Waals surface area (Å²) in [5.74, 6) is 0.795. The highest BCUT2D eigenvalue weighted by molar-refractivity contribution is 8.15. The van der Waals surface area contributed by atoms with Gasteiger partial charge in [0.2, 0.25) is 11.8 Å². The molecule has 0 radical (unpaired) electrons. The fourth-order valence-electron chi connectivity index (χ4n) is 6.12. The highest BCUT2D eigenvalue weighted by Gasteiger charge is 2.51. The number of amides is 2. The van der Waals surface area contributed by atoms with Crippen LogP contribution in [0.4, 0.5) is 5.69 Å². The SMILES string of the molecule is O=C(CC1SC(=NC23CC4CC(CC(C4)C2)C3)NC1=O)Nc1cccc(C(=O)O)c1. The number of anilines is 1. The summed E-state index contributed by atoms with van der Waals surface area (Å²) in [6.07, 6.45) is 7.44. The molecule has 1 aromatic rings. The van der Waals surface area contributed by atoms with Crippen LogP contribution < -0.4 is 10.6 Å². The molecule has 1 saturated heterocycles. The van der Waals surface area contributed by atoms with Gasteiger partial charge in [-0.1, -0.05) is 17.8 Å². The number of nitrogens with one attached hydrogen (secondary N) is 2. The summed E-state index contributed by atoms with van der Waals surface area (Å²) in [6, 6.07) is 6.08. The van der Waals surface area contributed by atoms with E-state index in [-0.39, 0.29) is 29.3 Å². The summed E-state index contributed by atoms with van der Waals surface area (Å²) in [4.78, 5) is 41.0. The molecule has 6 rings (SSSR count). The van der Waals surface area contributed by atoms with E-state index < -0.39 is 11.2 Å². The molecule has 5 fully saturated rings. The van der Waals surface area contributed by atoms with Gasteiger partial charge >= 0.3 is 5.97 Å². The Morgan fingerprint density at radius 3 is 2.47 bits per heavy atom. The number of carboxylic acids is 1. The third kappa shape index (κ3) is 3.85. The summed E-state index contributed by atoms with van der Waals surface area (Å²) in [7, 11) is 0. The fraction of sp³-hybridized carbons (Fsp3) is 0.545. The first-order chi connectivity index (χ1) is 14.4. The molecule has 0 aromatic heterocycles. The van der Waals surface area contributed by atoms with Gasteiger partial charge in [-0.2, -0.15) is 0 Å². The van der Waals surface area contributed by atoms with Gasteiger partial charge in [0.25, 0.3) is 0 Å². The van der Waals surface area contributed by atoms with Crippen molar-refractivity contribution < 1.29 is 19.5 Å². The van der Waals surface area contributed by atoms with Crippen LogP contribution in [-0.4, -0.2) is 38.8 Å². The quantitative estimate of drug-likeness (QED) is 0.668. The predicted octanol–water partition coefficient (Wildman–Crippen LogP) is 3.27. The maximum absolute atomic E-state index is 12.4. The smallest absolute Gasteiger partial charge is 0.335 e. The third-order valence-corrected chi connectivity index (χ3v) is 7.97. The number of aromatic carboxylic acids is 1. The minimum atomic E-state index is -1.05. The first-order valence-corrected chi connectivity index (χ1v) is 11.5. The molecule has 4 bridgehead atoms. The highest BCUT2D eigenvalue weighted by Crippen LogP contribution is 2.57. The van der Waals surface area contributed by atoms with Crippen molar-refractivity contribution in [3.63, 3.8) is 0 Å². The lowest BCUT2D eigenvalue weighted by Crippen LogP contribution is -2.50. The molecule has 1 atom stereocenters. The molecule has 0 spiro atoms. The zero-order valence-corrected chi connectivity index (χ0v) is 17.4. The van der Waals surface area contributed by atoms with Crippen LogP contribution >= 0.6 is 11.8 Å². The molecule has 158 valence electrons. The molecule has 4 saturated carbocycles. The van der Waals surface area contributed by atoms with E-state index >= 15 is 0 Å². The molecular weight excluding hydrogens is 402 g/mol. The van der Waals surface area contributed by atoms with Crippen molar-refractivity contribution in [2.45, 2.75) is 55.7 Å². The molecule has 8 heteroatoms. The van der Waals surface area contributed by atoms with Crippen molar-refractivity contribution in [1.29, 1.82) is 0 Å². The van der Waals surface area contributed by atoms with Crippen LogP contribution in [-0.2, 0) is 9.59 Å². The summed E-state index contributed by atoms with van der Waals surface area (Å²) in [5.41, 5.74) is 0.496. The van der Waals surface area contributed by atoms with E-state index in [1.165, 1.54) is 43.2 Å². The minimum absolute atomic E-state index is 0.0151. The van der Waals surface area contributed by atoms with E-state index in [1.54, 1.807) is 12.1 Å². The number of aliphatic imine (C=N–C) groups is 1. The summed E-state index contributed by atoms with van der Waals surface area (Å²) in [6.45, 7) is 0. The second kappa shape index (κ2) is 7.41. The van der Waals surface area contributed by atoms with Crippen LogP contribution in [0.5, 0.6) is 0 Å². The number of nitrogens with zero attached hydrogens (tertiary/aromatic N) is 1. The van der Waals surface area contributed by atoms with Crippen LogP contribution in [0, 0.1) is 17.8 Å². The van der Waals surface area contributed by atoms with Gasteiger partial charge in [-0.05, 0) is 74.5 Å². The molecule has 1 aromatic carbocycles. The Labute approximate surface area is 179 Å². The average molecular weight is 428 g/mol. The van der Waals surface area contributed by atoms with Gasteiger partial charge in [-0.15, -0.1) is 0 Å². The van der Waals surface area contributed by atoms with E-state index in [1.807, 2.05) is 0 Å². The van der Waals surface area contributed by atoms with Gasteiger partial charge < -0.3 is 15.7 Å². The summed E-state index contributed by atoms with van der Waals surface area (Å²) in [5, 5.41) is 14.8. The van der Waals surface area contributed by atoms with Crippen LogP contribution in [0.25, 0.3) is 0 Å². The number of hydrogen-bond donors (Lipinski definition) is 3. The largest absolute Gasteiger partial charge is 0.478 e. The number of carboxylic acid groups (broad SMARTS) is 1. The first kappa shape index (κ1) is 19.6. The Bertz CT molecular complexity index is 909. The number of benzene rings is 1. The number of amidine groups is 1. The number of carbonyl (C=O) groups excluding carboxylic acids is 2. The van der Waals surface area contributed by atoms with Crippen molar-refractivity contribution in [2.24, 2.45) is 22.7 Å². The van der Waals surface area contributed by atoms with Gasteiger partial charge in [-0.3, -0.25) is 14.6 Å². The molecule has 2 amide bonds. The molecule has 1 aliphatic heterocycles. The van der Waals surface area contributed by atoms with Gasteiger partial charge in [0, 0.05) is 12.1 Å². The Morgan fingerprint density at radius 2 is 1.83 bits per heavy atom. The third-order valence-electron chi connectivity index (χ3n) is 6.89. The maximum Gasteiger partial charge on any atom is 0.335 e. The van der Waals surface area contributed by atoms with Crippen molar-refractivity contribution >= 4 is 40.4 Å². The van der Waals surface area contributed by atoms with Crippen LogP contribution in [0.3, 0.4) is 0 Å². The Morgan fingerprint density at radius 1 is 1.17 bits per heavy atom. The van der Waals surface area contributed by atoms with Crippen molar-refractivity contribution in [2.75, 3.05) is 5.32 Å². The van der Waals surface area contributed by atoms with E-state index in [4.69, 9.17) is 10.1 Å². The van der Waals surface area contributed by atoms with Crippen LogP contribution in [0.2, 0.25) is 0 Å². The maximum atomic E-state index is 12.4. The zero-order chi connectivity index (χ0) is 20.9. The molecule has 30 heavy (non-hydrogen) atoms. The van der Waals surface area contributed by atoms with E-state index in [0.29, 0.717) is 10.9 Å². The molecule has 7 nitrogen and oxygen atoms in total. The lowest BCUT2D eigenvalue weighted by molar-refractivity contribution is -0.122. The molecule has 1 unspecified atom stereocenters. The standard InChI is InChI=1S/C22H25N3O4S/c26-18(23-16-3-1-2-15(7-16)20(28)29)8-17-19(27)24-21(30-17)25-22-9-12-4-13(10-22)6-14(5-12)11-22/h1-3,7,12-14,17H,4-6,8-11H2,(H,23,26)(H,28,29)(H,24,25,27). The lowest BCUT2D eigenvalue weighted by Gasteiger charge is -2.55. The number of rotatable bonds is 5. The Hall–Kier alpha value is -2.35. The molecule has 3 N–H and O–H groups in total. The summed E-state index contributed by atoms with van der Waals surface area (Å²) < 4.78 is 0. The number of hydrogen-bond acceptors (Lipinski definition) is 5. The van der Waals surface area contributed by atoms with Crippen molar-refractivity contribution in [3.05, 3.63) is 29.8 Å². The lowest BCUT2D eigenvalue weighted by atomic mass is 9.53. The number of carbonyl (C=O) groups is 3. The Balaban J connectivity index is 1.22. The number of thioether (sulfide) groups is 1. The zero-order valence-electron chi connectivity index (χ0n) is 16.6. The van der Waals surface area contributed by atoms with E-state index in [0.717, 1.165) is 37.0 Å².